The van der Waals surface area contributed by atoms with E-state index in [2.05, 4.69) is 4.74 Å². The predicted octanol–water partition coefficient (Wildman–Crippen LogP) is 2.00. The number of carbonyl (C=O) groups is 2. The Labute approximate surface area is 101 Å². The molecule has 0 amide bonds. The van der Waals surface area contributed by atoms with Crippen molar-refractivity contribution in [1.29, 1.82) is 0 Å². The highest BCUT2D eigenvalue weighted by molar-refractivity contribution is 5.79. The highest BCUT2D eigenvalue weighted by Gasteiger charge is 2.06. The molecule has 0 radical (unpaired) electrons. The molecule has 0 N–H and O–H groups in total. The van der Waals surface area contributed by atoms with Crippen LogP contribution < -0.4 is 4.74 Å². The second-order valence-corrected chi connectivity index (χ2v) is 3.50. The molecule has 0 atom stereocenters. The summed E-state index contributed by atoms with van der Waals surface area (Å²) in [6.07, 6.45) is 1.62. The molecule has 1 rings (SSSR count). The van der Waals surface area contributed by atoms with Crippen molar-refractivity contribution in [3.05, 3.63) is 29.3 Å². The second kappa shape index (κ2) is 6.68. The van der Waals surface area contributed by atoms with Crippen LogP contribution in [0.3, 0.4) is 0 Å². The SMILES string of the molecule is CCOc1ccc(CCC(=O)OC)cc1C=O. The first-order valence-corrected chi connectivity index (χ1v) is 5.49. The van der Waals surface area contributed by atoms with Crippen LogP contribution in [-0.4, -0.2) is 26.0 Å². The molecule has 0 saturated heterocycles. The van der Waals surface area contributed by atoms with Crippen LogP contribution in [0, 0.1) is 0 Å². The summed E-state index contributed by atoms with van der Waals surface area (Å²) >= 11 is 0. The Bertz CT molecular complexity index is 398. The van der Waals surface area contributed by atoms with Gasteiger partial charge in [-0.3, -0.25) is 9.59 Å². The topological polar surface area (TPSA) is 52.6 Å². The van der Waals surface area contributed by atoms with Gasteiger partial charge in [0.15, 0.2) is 6.29 Å². The van der Waals surface area contributed by atoms with Gasteiger partial charge in [-0.1, -0.05) is 6.07 Å². The largest absolute Gasteiger partial charge is 0.493 e. The maximum absolute atomic E-state index is 11.0. The van der Waals surface area contributed by atoms with E-state index in [1.54, 1.807) is 12.1 Å². The Morgan fingerprint density at radius 1 is 1.41 bits per heavy atom. The number of hydrogen-bond acceptors (Lipinski definition) is 4. The zero-order valence-corrected chi connectivity index (χ0v) is 10.1. The number of methoxy groups -OCH3 is 1. The van der Waals surface area contributed by atoms with Crippen LogP contribution in [0.1, 0.15) is 29.3 Å². The van der Waals surface area contributed by atoms with Crippen LogP contribution in [-0.2, 0) is 16.0 Å². The van der Waals surface area contributed by atoms with Crippen molar-refractivity contribution in [3.63, 3.8) is 0 Å². The summed E-state index contributed by atoms with van der Waals surface area (Å²) in [7, 11) is 1.36. The molecule has 17 heavy (non-hydrogen) atoms. The van der Waals surface area contributed by atoms with Crippen molar-refractivity contribution < 1.29 is 19.1 Å². The molecule has 0 saturated carbocycles. The van der Waals surface area contributed by atoms with E-state index >= 15 is 0 Å². The van der Waals surface area contributed by atoms with E-state index in [1.165, 1.54) is 7.11 Å². The van der Waals surface area contributed by atoms with Gasteiger partial charge in [-0.05, 0) is 31.0 Å². The van der Waals surface area contributed by atoms with Crippen LogP contribution in [0.4, 0.5) is 0 Å². The molecule has 4 heteroatoms. The zero-order chi connectivity index (χ0) is 12.7. The van der Waals surface area contributed by atoms with Crippen LogP contribution in [0.15, 0.2) is 18.2 Å². The second-order valence-electron chi connectivity index (χ2n) is 3.50. The Kier molecular flexibility index (Phi) is 5.20. The molecule has 0 aliphatic heterocycles. The van der Waals surface area contributed by atoms with E-state index in [0.717, 1.165) is 11.8 Å². The van der Waals surface area contributed by atoms with Crippen molar-refractivity contribution in [2.75, 3.05) is 13.7 Å². The molecule has 4 nitrogen and oxygen atoms in total. The quantitative estimate of drug-likeness (QED) is 0.560. The summed E-state index contributed by atoms with van der Waals surface area (Å²) in [4.78, 5) is 21.9. The van der Waals surface area contributed by atoms with Crippen molar-refractivity contribution >= 4 is 12.3 Å². The maximum Gasteiger partial charge on any atom is 0.305 e. The van der Waals surface area contributed by atoms with Crippen LogP contribution in [0.5, 0.6) is 5.75 Å². The first-order chi connectivity index (χ1) is 8.21. The molecular formula is C13H16O4. The predicted molar refractivity (Wildman–Crippen MR) is 63.3 cm³/mol. The fourth-order valence-corrected chi connectivity index (χ4v) is 1.48. The average molecular weight is 236 g/mol. The third kappa shape index (κ3) is 3.90. The Hall–Kier alpha value is -1.84. The van der Waals surface area contributed by atoms with Gasteiger partial charge >= 0.3 is 5.97 Å². The summed E-state index contributed by atoms with van der Waals surface area (Å²) < 4.78 is 9.86. The number of benzene rings is 1. The maximum atomic E-state index is 11.0. The van der Waals surface area contributed by atoms with E-state index in [1.807, 2.05) is 13.0 Å². The van der Waals surface area contributed by atoms with E-state index in [4.69, 9.17) is 4.74 Å². The molecule has 0 fully saturated rings. The summed E-state index contributed by atoms with van der Waals surface area (Å²) in [6.45, 7) is 2.38. The third-order valence-corrected chi connectivity index (χ3v) is 2.35. The Morgan fingerprint density at radius 2 is 2.18 bits per heavy atom. The molecule has 0 spiro atoms. The number of hydrogen-bond donors (Lipinski definition) is 0. The lowest BCUT2D eigenvalue weighted by Gasteiger charge is -2.08. The highest BCUT2D eigenvalue weighted by Crippen LogP contribution is 2.19. The van der Waals surface area contributed by atoms with Gasteiger partial charge in [0.05, 0.1) is 19.3 Å². The number of ether oxygens (including phenoxy) is 2. The van der Waals surface area contributed by atoms with E-state index < -0.39 is 0 Å². The first kappa shape index (κ1) is 13.2. The van der Waals surface area contributed by atoms with Gasteiger partial charge < -0.3 is 9.47 Å². The normalized spacial score (nSPS) is 9.76. The van der Waals surface area contributed by atoms with Crippen molar-refractivity contribution in [2.24, 2.45) is 0 Å². The summed E-state index contributed by atoms with van der Waals surface area (Å²) in [5, 5.41) is 0. The van der Waals surface area contributed by atoms with Gasteiger partial charge in [-0.15, -0.1) is 0 Å². The summed E-state index contributed by atoms with van der Waals surface area (Å²) in [5.41, 5.74) is 1.43. The summed E-state index contributed by atoms with van der Waals surface area (Å²) in [6, 6.07) is 5.34. The average Bonchev–Trinajstić information content (AvgIpc) is 2.37. The molecule has 0 heterocycles. The number of carbonyl (C=O) groups excluding carboxylic acids is 2. The minimum atomic E-state index is -0.258. The van der Waals surface area contributed by atoms with Gasteiger partial charge in [-0.25, -0.2) is 0 Å². The molecule has 0 unspecified atom stereocenters. The van der Waals surface area contributed by atoms with Gasteiger partial charge in [0.2, 0.25) is 0 Å². The monoisotopic (exact) mass is 236 g/mol. The van der Waals surface area contributed by atoms with E-state index in [0.29, 0.717) is 30.8 Å². The number of aldehydes is 1. The Morgan fingerprint density at radius 3 is 2.76 bits per heavy atom. The van der Waals surface area contributed by atoms with Crippen molar-refractivity contribution in [2.45, 2.75) is 19.8 Å². The van der Waals surface area contributed by atoms with Gasteiger partial charge in [0, 0.05) is 6.42 Å². The highest BCUT2D eigenvalue weighted by atomic mass is 16.5. The molecule has 1 aromatic rings. The number of rotatable bonds is 6. The Balaban J connectivity index is 2.75. The summed E-state index contributed by atoms with van der Waals surface area (Å²) in [5.74, 6) is 0.316. The standard InChI is InChI=1S/C13H16O4/c1-3-17-12-6-4-10(8-11(12)9-14)5-7-13(15)16-2/h4,6,8-9H,3,5,7H2,1-2H3. The molecule has 92 valence electrons. The van der Waals surface area contributed by atoms with Crippen molar-refractivity contribution in [3.8, 4) is 5.75 Å². The molecule has 0 aromatic heterocycles. The van der Waals surface area contributed by atoms with Gasteiger partial charge in [0.25, 0.3) is 0 Å². The molecule has 1 aromatic carbocycles. The van der Waals surface area contributed by atoms with E-state index in [-0.39, 0.29) is 5.97 Å². The molecule has 0 bridgehead atoms. The molecule has 0 aliphatic rings. The lowest BCUT2D eigenvalue weighted by Crippen LogP contribution is -2.03. The minimum absolute atomic E-state index is 0.258. The third-order valence-electron chi connectivity index (χ3n) is 2.35. The fraction of sp³-hybridized carbons (Fsp3) is 0.385. The molecule has 0 aliphatic carbocycles. The zero-order valence-electron chi connectivity index (χ0n) is 10.1. The number of aryl methyl sites for hydroxylation is 1. The first-order valence-electron chi connectivity index (χ1n) is 5.49. The van der Waals surface area contributed by atoms with Crippen LogP contribution in [0.25, 0.3) is 0 Å². The van der Waals surface area contributed by atoms with E-state index in [9.17, 15) is 9.59 Å². The number of esters is 1. The smallest absolute Gasteiger partial charge is 0.305 e. The van der Waals surface area contributed by atoms with Crippen LogP contribution in [0.2, 0.25) is 0 Å². The lowest BCUT2D eigenvalue weighted by atomic mass is 10.1. The van der Waals surface area contributed by atoms with Gasteiger partial charge in [-0.2, -0.15) is 0 Å². The molecular weight excluding hydrogens is 220 g/mol. The fourth-order valence-electron chi connectivity index (χ4n) is 1.48. The van der Waals surface area contributed by atoms with Gasteiger partial charge in [0.1, 0.15) is 5.75 Å². The van der Waals surface area contributed by atoms with Crippen molar-refractivity contribution in [1.82, 2.24) is 0 Å². The lowest BCUT2D eigenvalue weighted by molar-refractivity contribution is -0.140. The minimum Gasteiger partial charge on any atom is -0.493 e. The van der Waals surface area contributed by atoms with Crippen LogP contribution >= 0.6 is 0 Å².